The lowest BCUT2D eigenvalue weighted by Crippen LogP contribution is -2.47. The zero-order valence-electron chi connectivity index (χ0n) is 12.5. The zero-order chi connectivity index (χ0) is 14.7. The summed E-state index contributed by atoms with van der Waals surface area (Å²) in [6.45, 7) is 4.51. The molecule has 6 nitrogen and oxygen atoms in total. The largest absolute Gasteiger partial charge is 0.382 e. The van der Waals surface area contributed by atoms with Gasteiger partial charge in [-0.25, -0.2) is 9.97 Å². The highest BCUT2D eigenvalue weighted by Gasteiger charge is 2.26. The summed E-state index contributed by atoms with van der Waals surface area (Å²) < 4.78 is 0. The number of nitrogen functional groups attached to an aromatic ring is 1. The number of nitrogens with two attached hydrogens (primary N) is 1. The number of hydrogen-bond acceptors (Lipinski definition) is 5. The highest BCUT2D eigenvalue weighted by atomic mass is 15.3. The third kappa shape index (κ3) is 3.32. The van der Waals surface area contributed by atoms with Crippen LogP contribution in [0, 0.1) is 5.41 Å². The molecule has 3 heterocycles. The summed E-state index contributed by atoms with van der Waals surface area (Å²) in [5.74, 6) is 0.710. The number of nitrogens with zero attached hydrogens (tertiary/aromatic N) is 4. The Hall–Kier alpha value is -1.69. The number of aromatic nitrogens is 2. The van der Waals surface area contributed by atoms with E-state index in [4.69, 9.17) is 11.1 Å². The van der Waals surface area contributed by atoms with Gasteiger partial charge in [0.2, 0.25) is 5.95 Å². The molecule has 3 N–H and O–H groups in total. The van der Waals surface area contributed by atoms with Crippen LogP contribution in [0.1, 0.15) is 37.8 Å². The standard InChI is InChI=1S/C15H24N6/c16-14(17)13-4-7-18-15(19-13)21-10-5-12(6-11-21)20-8-2-1-3-9-20/h4,7,12H,1-3,5-6,8-11H2,(H3,16,17). The molecule has 2 fully saturated rings. The molecule has 2 aliphatic heterocycles. The number of hydrogen-bond donors (Lipinski definition) is 2. The van der Waals surface area contributed by atoms with Crippen molar-refractivity contribution in [3.63, 3.8) is 0 Å². The van der Waals surface area contributed by atoms with Crippen LogP contribution in [0.25, 0.3) is 0 Å². The van der Waals surface area contributed by atoms with Crippen molar-refractivity contribution in [1.82, 2.24) is 14.9 Å². The van der Waals surface area contributed by atoms with E-state index >= 15 is 0 Å². The van der Waals surface area contributed by atoms with Crippen LogP contribution >= 0.6 is 0 Å². The van der Waals surface area contributed by atoms with E-state index in [-0.39, 0.29) is 5.84 Å². The van der Waals surface area contributed by atoms with Crippen LogP contribution in [0.5, 0.6) is 0 Å². The Balaban J connectivity index is 1.60. The third-order valence-electron chi connectivity index (χ3n) is 4.57. The smallest absolute Gasteiger partial charge is 0.225 e. The van der Waals surface area contributed by atoms with E-state index in [0.29, 0.717) is 11.6 Å². The van der Waals surface area contributed by atoms with Gasteiger partial charge in [0.15, 0.2) is 0 Å². The lowest BCUT2D eigenvalue weighted by Gasteiger charge is -2.40. The average molecular weight is 288 g/mol. The molecule has 0 saturated carbocycles. The summed E-state index contributed by atoms with van der Waals surface area (Å²) in [4.78, 5) is 13.6. The summed E-state index contributed by atoms with van der Waals surface area (Å²) in [5, 5.41) is 7.47. The molecule has 1 aromatic heterocycles. The van der Waals surface area contributed by atoms with Crippen LogP contribution in [-0.4, -0.2) is 52.9 Å². The summed E-state index contributed by atoms with van der Waals surface area (Å²) in [7, 11) is 0. The first kappa shape index (κ1) is 14.3. The van der Waals surface area contributed by atoms with Gasteiger partial charge >= 0.3 is 0 Å². The van der Waals surface area contributed by atoms with Crippen molar-refractivity contribution in [3.05, 3.63) is 18.0 Å². The van der Waals surface area contributed by atoms with Crippen molar-refractivity contribution >= 4 is 11.8 Å². The lowest BCUT2D eigenvalue weighted by atomic mass is 10.0. The molecular formula is C15H24N6. The van der Waals surface area contributed by atoms with Gasteiger partial charge in [-0.1, -0.05) is 6.42 Å². The van der Waals surface area contributed by atoms with Crippen LogP contribution in [0.4, 0.5) is 5.95 Å². The monoisotopic (exact) mass is 288 g/mol. The molecule has 0 aromatic carbocycles. The van der Waals surface area contributed by atoms with Crippen LogP contribution in [0.2, 0.25) is 0 Å². The first-order chi connectivity index (χ1) is 10.2. The van der Waals surface area contributed by atoms with Crippen molar-refractivity contribution in [2.45, 2.75) is 38.1 Å². The molecule has 0 bridgehead atoms. The minimum absolute atomic E-state index is 0.00172. The molecule has 2 aliphatic rings. The molecule has 0 spiro atoms. The molecule has 0 aliphatic carbocycles. The van der Waals surface area contributed by atoms with Gasteiger partial charge in [0.25, 0.3) is 0 Å². The number of nitrogens with one attached hydrogen (secondary N) is 1. The minimum Gasteiger partial charge on any atom is -0.382 e. The molecule has 114 valence electrons. The quantitative estimate of drug-likeness (QED) is 0.645. The van der Waals surface area contributed by atoms with Crippen LogP contribution in [-0.2, 0) is 0 Å². The van der Waals surface area contributed by atoms with Gasteiger partial charge < -0.3 is 15.5 Å². The van der Waals surface area contributed by atoms with Gasteiger partial charge in [-0.2, -0.15) is 0 Å². The molecule has 21 heavy (non-hydrogen) atoms. The van der Waals surface area contributed by atoms with Crippen molar-refractivity contribution < 1.29 is 0 Å². The Morgan fingerprint density at radius 1 is 1.14 bits per heavy atom. The fourth-order valence-electron chi connectivity index (χ4n) is 3.37. The maximum atomic E-state index is 7.47. The Morgan fingerprint density at radius 2 is 1.86 bits per heavy atom. The predicted molar refractivity (Wildman–Crippen MR) is 83.7 cm³/mol. The maximum absolute atomic E-state index is 7.47. The van der Waals surface area contributed by atoms with E-state index < -0.39 is 0 Å². The Morgan fingerprint density at radius 3 is 2.52 bits per heavy atom. The van der Waals surface area contributed by atoms with E-state index in [1.54, 1.807) is 12.3 Å². The minimum atomic E-state index is 0.00172. The van der Waals surface area contributed by atoms with Gasteiger partial charge in [-0.05, 0) is 44.8 Å². The second-order valence-electron chi connectivity index (χ2n) is 5.97. The summed E-state index contributed by atoms with van der Waals surface area (Å²) in [6.07, 6.45) is 8.13. The number of amidine groups is 1. The molecule has 3 rings (SSSR count). The topological polar surface area (TPSA) is 82.1 Å². The van der Waals surface area contributed by atoms with Gasteiger partial charge in [0.05, 0.1) is 0 Å². The van der Waals surface area contributed by atoms with E-state index in [2.05, 4.69) is 19.8 Å². The summed E-state index contributed by atoms with van der Waals surface area (Å²) >= 11 is 0. The molecule has 6 heteroatoms. The highest BCUT2D eigenvalue weighted by Crippen LogP contribution is 2.22. The van der Waals surface area contributed by atoms with Crippen LogP contribution in [0.3, 0.4) is 0 Å². The van der Waals surface area contributed by atoms with E-state index in [0.717, 1.165) is 19.1 Å². The fourth-order valence-corrected chi connectivity index (χ4v) is 3.37. The molecule has 0 unspecified atom stereocenters. The second kappa shape index (κ2) is 6.39. The molecular weight excluding hydrogens is 264 g/mol. The Kier molecular flexibility index (Phi) is 4.34. The van der Waals surface area contributed by atoms with E-state index in [1.165, 1.54) is 45.2 Å². The lowest BCUT2D eigenvalue weighted by molar-refractivity contribution is 0.141. The number of rotatable bonds is 3. The number of likely N-dealkylation sites (tertiary alicyclic amines) is 1. The number of piperidine rings is 2. The van der Waals surface area contributed by atoms with E-state index in [9.17, 15) is 0 Å². The normalized spacial score (nSPS) is 21.4. The van der Waals surface area contributed by atoms with Crippen molar-refractivity contribution in [1.29, 1.82) is 5.41 Å². The van der Waals surface area contributed by atoms with Crippen molar-refractivity contribution in [2.24, 2.45) is 5.73 Å². The molecule has 0 amide bonds. The van der Waals surface area contributed by atoms with Gasteiger partial charge in [-0.3, -0.25) is 5.41 Å². The molecule has 0 atom stereocenters. The Bertz CT molecular complexity index is 489. The molecule has 1 aromatic rings. The second-order valence-corrected chi connectivity index (χ2v) is 5.97. The third-order valence-corrected chi connectivity index (χ3v) is 4.57. The average Bonchev–Trinajstić information content (AvgIpc) is 2.56. The van der Waals surface area contributed by atoms with Gasteiger partial charge in [0.1, 0.15) is 11.5 Å². The zero-order valence-corrected chi connectivity index (χ0v) is 12.5. The first-order valence-electron chi connectivity index (χ1n) is 7.90. The first-order valence-corrected chi connectivity index (χ1v) is 7.90. The highest BCUT2D eigenvalue weighted by molar-refractivity contribution is 5.93. The predicted octanol–water partition coefficient (Wildman–Crippen LogP) is 1.22. The molecule has 2 saturated heterocycles. The molecule has 0 radical (unpaired) electrons. The number of anilines is 1. The van der Waals surface area contributed by atoms with Crippen LogP contribution in [0.15, 0.2) is 12.3 Å². The summed E-state index contributed by atoms with van der Waals surface area (Å²) in [6, 6.07) is 2.41. The van der Waals surface area contributed by atoms with Crippen LogP contribution < -0.4 is 10.6 Å². The van der Waals surface area contributed by atoms with E-state index in [1.807, 2.05) is 0 Å². The fraction of sp³-hybridized carbons (Fsp3) is 0.667. The Labute approximate surface area is 125 Å². The van der Waals surface area contributed by atoms with Gasteiger partial charge in [-0.15, -0.1) is 0 Å². The SMILES string of the molecule is N=C(N)c1ccnc(N2CCC(N3CCCCC3)CC2)n1. The summed E-state index contributed by atoms with van der Waals surface area (Å²) in [5.41, 5.74) is 6.01. The van der Waals surface area contributed by atoms with Crippen molar-refractivity contribution in [3.8, 4) is 0 Å². The maximum Gasteiger partial charge on any atom is 0.225 e. The van der Waals surface area contributed by atoms with Crippen molar-refractivity contribution in [2.75, 3.05) is 31.1 Å². The van der Waals surface area contributed by atoms with Gasteiger partial charge in [0, 0.05) is 25.3 Å².